The quantitative estimate of drug-likeness (QED) is 0.659. The first kappa shape index (κ1) is 14.0. The van der Waals surface area contributed by atoms with Crippen molar-refractivity contribution >= 4 is 33.2 Å². The standard InChI is InChI=1S/C12H14BrN3O3/c13-10-7-9(16(18)19)1-2-11(10)15-12(17)8-3-5-14-6-4-8/h1-2,7-8,14H,3-6H2,(H,15,17). The molecule has 1 saturated heterocycles. The number of carbonyl (C=O) groups excluding carboxylic acids is 1. The Hall–Kier alpha value is -1.47. The van der Waals surface area contributed by atoms with Gasteiger partial charge in [0.2, 0.25) is 5.91 Å². The summed E-state index contributed by atoms with van der Waals surface area (Å²) in [6.45, 7) is 1.69. The number of halogens is 1. The summed E-state index contributed by atoms with van der Waals surface area (Å²) >= 11 is 3.24. The maximum absolute atomic E-state index is 12.0. The summed E-state index contributed by atoms with van der Waals surface area (Å²) in [6.07, 6.45) is 1.63. The molecule has 1 fully saturated rings. The van der Waals surface area contributed by atoms with Gasteiger partial charge in [-0.25, -0.2) is 0 Å². The average molecular weight is 328 g/mol. The maximum atomic E-state index is 12.0. The summed E-state index contributed by atoms with van der Waals surface area (Å²) in [4.78, 5) is 22.2. The Labute approximate surface area is 118 Å². The molecule has 2 rings (SSSR count). The Kier molecular flexibility index (Phi) is 4.49. The minimum atomic E-state index is -0.469. The fraction of sp³-hybridized carbons (Fsp3) is 0.417. The third-order valence-electron chi connectivity index (χ3n) is 3.13. The van der Waals surface area contributed by atoms with Crippen LogP contribution in [0.4, 0.5) is 11.4 Å². The zero-order valence-corrected chi connectivity index (χ0v) is 11.8. The molecule has 0 aromatic heterocycles. The largest absolute Gasteiger partial charge is 0.325 e. The molecule has 0 spiro atoms. The molecule has 0 unspecified atom stereocenters. The second kappa shape index (κ2) is 6.12. The van der Waals surface area contributed by atoms with Crippen LogP contribution in [-0.4, -0.2) is 23.9 Å². The zero-order chi connectivity index (χ0) is 13.8. The molecule has 0 atom stereocenters. The van der Waals surface area contributed by atoms with Gasteiger partial charge in [0, 0.05) is 22.5 Å². The number of nitrogens with zero attached hydrogens (tertiary/aromatic N) is 1. The number of rotatable bonds is 3. The van der Waals surface area contributed by atoms with E-state index in [0.29, 0.717) is 10.2 Å². The number of amides is 1. The summed E-state index contributed by atoms with van der Waals surface area (Å²) in [5.74, 6) is -0.0283. The molecule has 6 nitrogen and oxygen atoms in total. The van der Waals surface area contributed by atoms with Gasteiger partial charge in [0.25, 0.3) is 5.69 Å². The lowest BCUT2D eigenvalue weighted by Crippen LogP contribution is -2.34. The number of nitrogens with one attached hydrogen (secondary N) is 2. The molecule has 1 aromatic rings. The van der Waals surface area contributed by atoms with Crippen LogP contribution in [0.3, 0.4) is 0 Å². The van der Waals surface area contributed by atoms with E-state index in [0.717, 1.165) is 25.9 Å². The highest BCUT2D eigenvalue weighted by atomic mass is 79.9. The van der Waals surface area contributed by atoms with E-state index < -0.39 is 4.92 Å². The Morgan fingerprint density at radius 2 is 2.11 bits per heavy atom. The van der Waals surface area contributed by atoms with Crippen LogP contribution in [0.25, 0.3) is 0 Å². The average Bonchev–Trinajstić information content (AvgIpc) is 2.41. The first-order valence-electron chi connectivity index (χ1n) is 6.03. The molecule has 1 amide bonds. The fourth-order valence-electron chi connectivity index (χ4n) is 2.04. The van der Waals surface area contributed by atoms with E-state index in [1.165, 1.54) is 12.1 Å². The van der Waals surface area contributed by atoms with E-state index >= 15 is 0 Å². The number of nitro groups is 1. The van der Waals surface area contributed by atoms with Crippen LogP contribution >= 0.6 is 15.9 Å². The van der Waals surface area contributed by atoms with Crippen molar-refractivity contribution in [1.29, 1.82) is 0 Å². The van der Waals surface area contributed by atoms with Gasteiger partial charge in [0.05, 0.1) is 10.6 Å². The van der Waals surface area contributed by atoms with Crippen LogP contribution in [0.15, 0.2) is 22.7 Å². The zero-order valence-electron chi connectivity index (χ0n) is 10.2. The molecule has 7 heteroatoms. The molecule has 0 saturated carbocycles. The second-order valence-electron chi connectivity index (χ2n) is 4.43. The van der Waals surface area contributed by atoms with Crippen molar-refractivity contribution in [2.75, 3.05) is 18.4 Å². The molecular formula is C12H14BrN3O3. The topological polar surface area (TPSA) is 84.3 Å². The summed E-state index contributed by atoms with van der Waals surface area (Å²) in [5.41, 5.74) is 0.556. The number of non-ortho nitro benzene ring substituents is 1. The number of nitro benzene ring substituents is 1. The van der Waals surface area contributed by atoms with E-state index in [1.807, 2.05) is 0 Å². The van der Waals surface area contributed by atoms with Crippen molar-refractivity contribution in [3.05, 3.63) is 32.8 Å². The van der Waals surface area contributed by atoms with Gasteiger partial charge in [-0.2, -0.15) is 0 Å². The maximum Gasteiger partial charge on any atom is 0.270 e. The molecule has 0 bridgehead atoms. The molecule has 1 heterocycles. The molecule has 102 valence electrons. The Bertz CT molecular complexity index is 501. The van der Waals surface area contributed by atoms with E-state index in [9.17, 15) is 14.9 Å². The smallest absolute Gasteiger partial charge is 0.270 e. The van der Waals surface area contributed by atoms with Gasteiger partial charge in [-0.1, -0.05) is 0 Å². The van der Waals surface area contributed by atoms with Crippen molar-refractivity contribution in [3.8, 4) is 0 Å². The highest BCUT2D eigenvalue weighted by Crippen LogP contribution is 2.28. The normalized spacial score (nSPS) is 16.1. The van der Waals surface area contributed by atoms with Gasteiger partial charge in [-0.05, 0) is 47.9 Å². The number of carbonyl (C=O) groups is 1. The molecular weight excluding hydrogens is 314 g/mol. The number of hydrogen-bond donors (Lipinski definition) is 2. The van der Waals surface area contributed by atoms with E-state index in [1.54, 1.807) is 6.07 Å². The van der Waals surface area contributed by atoms with Crippen molar-refractivity contribution < 1.29 is 9.72 Å². The van der Waals surface area contributed by atoms with Crippen molar-refractivity contribution in [3.63, 3.8) is 0 Å². The van der Waals surface area contributed by atoms with Crippen LogP contribution in [-0.2, 0) is 4.79 Å². The number of hydrogen-bond acceptors (Lipinski definition) is 4. The predicted molar refractivity (Wildman–Crippen MR) is 75.0 cm³/mol. The predicted octanol–water partition coefficient (Wildman–Crippen LogP) is 2.30. The molecule has 0 aliphatic carbocycles. The fourth-order valence-corrected chi connectivity index (χ4v) is 2.50. The molecule has 1 aliphatic heterocycles. The van der Waals surface area contributed by atoms with E-state index in [2.05, 4.69) is 26.6 Å². The lowest BCUT2D eigenvalue weighted by Gasteiger charge is -2.22. The monoisotopic (exact) mass is 327 g/mol. The third kappa shape index (κ3) is 3.51. The molecule has 0 radical (unpaired) electrons. The summed E-state index contributed by atoms with van der Waals surface area (Å²) < 4.78 is 0.518. The minimum Gasteiger partial charge on any atom is -0.325 e. The summed E-state index contributed by atoms with van der Waals surface area (Å²) in [5, 5.41) is 16.6. The number of benzene rings is 1. The van der Waals surface area contributed by atoms with Crippen LogP contribution in [0, 0.1) is 16.0 Å². The van der Waals surface area contributed by atoms with Crippen molar-refractivity contribution in [1.82, 2.24) is 5.32 Å². The van der Waals surface area contributed by atoms with Gasteiger partial charge in [0.15, 0.2) is 0 Å². The summed E-state index contributed by atoms with van der Waals surface area (Å²) in [7, 11) is 0. The highest BCUT2D eigenvalue weighted by molar-refractivity contribution is 9.10. The van der Waals surface area contributed by atoms with Gasteiger partial charge < -0.3 is 10.6 Å². The van der Waals surface area contributed by atoms with Gasteiger partial charge in [0.1, 0.15) is 0 Å². The van der Waals surface area contributed by atoms with Crippen LogP contribution < -0.4 is 10.6 Å². The SMILES string of the molecule is O=C(Nc1ccc([N+](=O)[O-])cc1Br)C1CCNCC1. The van der Waals surface area contributed by atoms with Crippen molar-refractivity contribution in [2.45, 2.75) is 12.8 Å². The summed E-state index contributed by atoms with van der Waals surface area (Å²) in [6, 6.07) is 4.31. The number of anilines is 1. The van der Waals surface area contributed by atoms with Crippen molar-refractivity contribution in [2.24, 2.45) is 5.92 Å². The third-order valence-corrected chi connectivity index (χ3v) is 3.79. The Morgan fingerprint density at radius 1 is 1.42 bits per heavy atom. The van der Waals surface area contributed by atoms with Crippen LogP contribution in [0.2, 0.25) is 0 Å². The van der Waals surface area contributed by atoms with Gasteiger partial charge in [-0.3, -0.25) is 14.9 Å². The van der Waals surface area contributed by atoms with Crippen LogP contribution in [0.1, 0.15) is 12.8 Å². The first-order valence-corrected chi connectivity index (χ1v) is 6.83. The lowest BCUT2D eigenvalue weighted by atomic mass is 9.97. The Balaban J connectivity index is 2.06. The van der Waals surface area contributed by atoms with Gasteiger partial charge in [-0.15, -0.1) is 0 Å². The second-order valence-corrected chi connectivity index (χ2v) is 5.29. The van der Waals surface area contributed by atoms with E-state index in [-0.39, 0.29) is 17.5 Å². The minimum absolute atomic E-state index is 0.00309. The molecule has 2 N–H and O–H groups in total. The van der Waals surface area contributed by atoms with Crippen LogP contribution in [0.5, 0.6) is 0 Å². The van der Waals surface area contributed by atoms with E-state index in [4.69, 9.17) is 0 Å². The molecule has 1 aliphatic rings. The first-order chi connectivity index (χ1) is 9.08. The molecule has 19 heavy (non-hydrogen) atoms. The highest BCUT2D eigenvalue weighted by Gasteiger charge is 2.21. The molecule has 1 aromatic carbocycles. The van der Waals surface area contributed by atoms with Gasteiger partial charge >= 0.3 is 0 Å². The lowest BCUT2D eigenvalue weighted by molar-refractivity contribution is -0.384. The Morgan fingerprint density at radius 3 is 2.68 bits per heavy atom. The number of piperidine rings is 1.